The second-order valence-corrected chi connectivity index (χ2v) is 6.28. The number of carbonyl (C=O) groups excluding carboxylic acids is 1. The topological polar surface area (TPSA) is 59.2 Å². The zero-order chi connectivity index (χ0) is 15.0. The highest BCUT2D eigenvalue weighted by atomic mass is 79.9. The van der Waals surface area contributed by atoms with Crippen molar-refractivity contribution in [3.63, 3.8) is 0 Å². The van der Waals surface area contributed by atoms with Crippen LogP contribution in [0, 0.1) is 6.92 Å². The van der Waals surface area contributed by atoms with Crippen LogP contribution in [0.3, 0.4) is 0 Å². The van der Waals surface area contributed by atoms with E-state index in [-0.39, 0.29) is 11.9 Å². The molecule has 1 saturated heterocycles. The third kappa shape index (κ3) is 2.82. The fourth-order valence-electron chi connectivity index (χ4n) is 2.53. The fraction of sp³-hybridized carbons (Fsp3) is 0.357. The molecule has 1 atom stereocenters. The predicted octanol–water partition coefficient (Wildman–Crippen LogP) is 3.77. The Bertz CT molecular complexity index is 689. The Kier molecular flexibility index (Phi) is 3.99. The van der Waals surface area contributed by atoms with E-state index >= 15 is 0 Å². The average Bonchev–Trinajstić information content (AvgIpc) is 3.09. The number of nitrogens with zero attached hydrogens (tertiary/aromatic N) is 3. The molecule has 2 heterocycles. The molecule has 21 heavy (non-hydrogen) atoms. The number of carbonyl (C=O) groups is 1. The van der Waals surface area contributed by atoms with Gasteiger partial charge in [0.2, 0.25) is 5.89 Å². The van der Waals surface area contributed by atoms with Crippen LogP contribution in [0.4, 0.5) is 0 Å². The highest BCUT2D eigenvalue weighted by Gasteiger charge is 2.35. The maximum absolute atomic E-state index is 12.7. The Morgan fingerprint density at radius 1 is 1.52 bits per heavy atom. The standard InChI is InChI=1S/C14H13BrClN3O2/c1-8-17-13(21-18-8)12-3-2-6-19(12)14(20)10-7-9(15)4-5-11(10)16/h4-5,7,12H,2-3,6H2,1H3. The Hall–Kier alpha value is -1.40. The Morgan fingerprint density at radius 2 is 2.33 bits per heavy atom. The average molecular weight is 371 g/mol. The van der Waals surface area contributed by atoms with Gasteiger partial charge in [-0.05, 0) is 38.0 Å². The molecule has 1 aliphatic rings. The smallest absolute Gasteiger partial charge is 0.256 e. The molecule has 3 rings (SSSR count). The summed E-state index contributed by atoms with van der Waals surface area (Å²) >= 11 is 9.51. The molecule has 0 bridgehead atoms. The van der Waals surface area contributed by atoms with Crippen molar-refractivity contribution in [2.75, 3.05) is 6.54 Å². The van der Waals surface area contributed by atoms with Crippen molar-refractivity contribution in [3.05, 3.63) is 45.0 Å². The van der Waals surface area contributed by atoms with E-state index in [1.807, 2.05) is 6.07 Å². The molecule has 0 saturated carbocycles. The van der Waals surface area contributed by atoms with Crippen molar-refractivity contribution >= 4 is 33.4 Å². The van der Waals surface area contributed by atoms with Crippen molar-refractivity contribution in [3.8, 4) is 0 Å². The van der Waals surface area contributed by atoms with Gasteiger partial charge in [0.15, 0.2) is 5.82 Å². The minimum absolute atomic E-state index is 0.111. The lowest BCUT2D eigenvalue weighted by molar-refractivity contribution is 0.0710. The van der Waals surface area contributed by atoms with E-state index in [2.05, 4.69) is 26.1 Å². The predicted molar refractivity (Wildman–Crippen MR) is 81.2 cm³/mol. The summed E-state index contributed by atoms with van der Waals surface area (Å²) in [5.74, 6) is 0.953. The Balaban J connectivity index is 1.91. The minimum atomic E-state index is -0.172. The lowest BCUT2D eigenvalue weighted by atomic mass is 10.1. The summed E-state index contributed by atoms with van der Waals surface area (Å²) in [6.45, 7) is 2.42. The number of likely N-dealkylation sites (tertiary alicyclic amines) is 1. The van der Waals surface area contributed by atoms with Crippen LogP contribution in [-0.4, -0.2) is 27.5 Å². The van der Waals surface area contributed by atoms with Crippen molar-refractivity contribution < 1.29 is 9.32 Å². The van der Waals surface area contributed by atoms with Crippen molar-refractivity contribution in [2.24, 2.45) is 0 Å². The third-order valence-corrected chi connectivity index (χ3v) is 4.32. The van der Waals surface area contributed by atoms with Crippen LogP contribution in [0.2, 0.25) is 5.02 Å². The molecular formula is C14H13BrClN3O2. The molecule has 0 aliphatic carbocycles. The molecular weight excluding hydrogens is 358 g/mol. The number of aromatic nitrogens is 2. The molecule has 0 radical (unpaired) electrons. The molecule has 0 spiro atoms. The van der Waals surface area contributed by atoms with Crippen LogP contribution in [0.1, 0.15) is 41.0 Å². The zero-order valence-corrected chi connectivity index (χ0v) is 13.7. The Morgan fingerprint density at radius 3 is 3.05 bits per heavy atom. The molecule has 5 nitrogen and oxygen atoms in total. The number of aryl methyl sites for hydroxylation is 1. The first-order valence-electron chi connectivity index (χ1n) is 6.62. The number of hydrogen-bond donors (Lipinski definition) is 0. The lowest BCUT2D eigenvalue weighted by Gasteiger charge is -2.22. The van der Waals surface area contributed by atoms with Gasteiger partial charge in [-0.3, -0.25) is 4.79 Å². The molecule has 1 aliphatic heterocycles. The molecule has 110 valence electrons. The summed E-state index contributed by atoms with van der Waals surface area (Å²) in [5, 5.41) is 4.24. The van der Waals surface area contributed by atoms with Crippen molar-refractivity contribution in [2.45, 2.75) is 25.8 Å². The van der Waals surface area contributed by atoms with Crippen LogP contribution in [-0.2, 0) is 0 Å². The normalized spacial score (nSPS) is 18.2. The number of benzene rings is 1. The van der Waals surface area contributed by atoms with Crippen LogP contribution >= 0.6 is 27.5 Å². The second kappa shape index (κ2) is 5.77. The molecule has 1 aromatic carbocycles. The summed E-state index contributed by atoms with van der Waals surface area (Å²) in [6.07, 6.45) is 1.72. The number of halogens is 2. The fourth-order valence-corrected chi connectivity index (χ4v) is 3.09. The summed E-state index contributed by atoms with van der Waals surface area (Å²) < 4.78 is 6.04. The monoisotopic (exact) mass is 369 g/mol. The van der Waals surface area contributed by atoms with Crippen LogP contribution in [0.25, 0.3) is 0 Å². The molecule has 1 aromatic heterocycles. The highest BCUT2D eigenvalue weighted by molar-refractivity contribution is 9.10. The highest BCUT2D eigenvalue weighted by Crippen LogP contribution is 2.33. The third-order valence-electron chi connectivity index (χ3n) is 3.50. The van der Waals surface area contributed by atoms with Gasteiger partial charge in [-0.1, -0.05) is 32.7 Å². The number of hydrogen-bond acceptors (Lipinski definition) is 4. The zero-order valence-electron chi connectivity index (χ0n) is 11.3. The van der Waals surface area contributed by atoms with Gasteiger partial charge in [0.25, 0.3) is 5.91 Å². The molecule has 7 heteroatoms. The van der Waals surface area contributed by atoms with Gasteiger partial charge in [0.05, 0.1) is 10.6 Å². The van der Waals surface area contributed by atoms with Gasteiger partial charge in [0, 0.05) is 11.0 Å². The van der Waals surface area contributed by atoms with E-state index in [0.717, 1.165) is 17.3 Å². The molecule has 1 amide bonds. The SMILES string of the molecule is Cc1noc(C2CCCN2C(=O)c2cc(Br)ccc2Cl)n1. The molecule has 1 unspecified atom stereocenters. The van der Waals surface area contributed by atoms with Gasteiger partial charge in [-0.2, -0.15) is 4.98 Å². The van der Waals surface area contributed by atoms with Crippen molar-refractivity contribution in [1.82, 2.24) is 15.0 Å². The van der Waals surface area contributed by atoms with E-state index < -0.39 is 0 Å². The van der Waals surface area contributed by atoms with Gasteiger partial charge < -0.3 is 9.42 Å². The molecule has 0 N–H and O–H groups in total. The summed E-state index contributed by atoms with van der Waals surface area (Å²) in [5.41, 5.74) is 0.481. The Labute approximate surface area is 135 Å². The first-order valence-corrected chi connectivity index (χ1v) is 7.79. The summed E-state index contributed by atoms with van der Waals surface area (Å²) in [4.78, 5) is 18.7. The van der Waals surface area contributed by atoms with Crippen LogP contribution in [0.15, 0.2) is 27.2 Å². The van der Waals surface area contributed by atoms with E-state index in [0.29, 0.717) is 28.8 Å². The first kappa shape index (κ1) is 14.5. The number of amides is 1. The van der Waals surface area contributed by atoms with Crippen LogP contribution < -0.4 is 0 Å². The molecule has 2 aromatic rings. The van der Waals surface area contributed by atoms with Gasteiger partial charge in [-0.25, -0.2) is 0 Å². The maximum atomic E-state index is 12.7. The van der Waals surface area contributed by atoms with Gasteiger partial charge >= 0.3 is 0 Å². The first-order chi connectivity index (χ1) is 10.1. The van der Waals surface area contributed by atoms with E-state index in [1.165, 1.54) is 0 Å². The van der Waals surface area contributed by atoms with E-state index in [9.17, 15) is 4.79 Å². The summed E-state index contributed by atoms with van der Waals surface area (Å²) in [7, 11) is 0. The van der Waals surface area contributed by atoms with Crippen LogP contribution in [0.5, 0.6) is 0 Å². The van der Waals surface area contributed by atoms with E-state index in [4.69, 9.17) is 16.1 Å². The summed E-state index contributed by atoms with van der Waals surface area (Å²) in [6, 6.07) is 5.08. The van der Waals surface area contributed by atoms with Gasteiger partial charge in [-0.15, -0.1) is 0 Å². The lowest BCUT2D eigenvalue weighted by Crippen LogP contribution is -2.31. The second-order valence-electron chi connectivity index (χ2n) is 4.96. The maximum Gasteiger partial charge on any atom is 0.256 e. The minimum Gasteiger partial charge on any atom is -0.337 e. The van der Waals surface area contributed by atoms with Crippen molar-refractivity contribution in [1.29, 1.82) is 0 Å². The largest absolute Gasteiger partial charge is 0.337 e. The quantitative estimate of drug-likeness (QED) is 0.807. The molecule has 1 fully saturated rings. The number of rotatable bonds is 2. The van der Waals surface area contributed by atoms with Gasteiger partial charge in [0.1, 0.15) is 6.04 Å². The van der Waals surface area contributed by atoms with E-state index in [1.54, 1.807) is 24.0 Å².